The Morgan fingerprint density at radius 1 is 1.32 bits per heavy atom. The Balaban J connectivity index is 2.42. The van der Waals surface area contributed by atoms with Crippen LogP contribution in [0.1, 0.15) is 33.3 Å². The molecule has 1 N–H and O–H groups in total. The van der Waals surface area contributed by atoms with Gasteiger partial charge in [0, 0.05) is 26.2 Å². The lowest BCUT2D eigenvalue weighted by Gasteiger charge is -2.26. The molecule has 0 radical (unpaired) electrons. The van der Waals surface area contributed by atoms with E-state index in [0.29, 0.717) is 36.2 Å². The van der Waals surface area contributed by atoms with Crippen LogP contribution in [0.25, 0.3) is 0 Å². The number of carbonyl (C=O) groups excluding carboxylic acids is 1. The number of nitrogens with one attached hydrogen (secondary N) is 1. The Morgan fingerprint density at radius 2 is 2.00 bits per heavy atom. The number of benzene rings is 1. The van der Waals surface area contributed by atoms with E-state index in [0.717, 1.165) is 5.56 Å². The molecule has 1 amide bonds. The predicted octanol–water partition coefficient (Wildman–Crippen LogP) is 4.34. The fourth-order valence-corrected chi connectivity index (χ4v) is 2.21. The van der Waals surface area contributed by atoms with Gasteiger partial charge in [0.2, 0.25) is 0 Å². The van der Waals surface area contributed by atoms with Crippen LogP contribution in [-0.4, -0.2) is 36.2 Å². The van der Waals surface area contributed by atoms with Gasteiger partial charge in [0.1, 0.15) is 5.60 Å². The summed E-state index contributed by atoms with van der Waals surface area (Å²) in [5, 5.41) is 4.37. The number of rotatable bonds is 6. The van der Waals surface area contributed by atoms with Crippen LogP contribution in [0.5, 0.6) is 0 Å². The van der Waals surface area contributed by atoms with Gasteiger partial charge in [-0.05, 0) is 39.3 Å². The minimum atomic E-state index is -0.480. The Hall–Kier alpha value is -0.970. The Labute approximate surface area is 142 Å². The first-order valence-corrected chi connectivity index (χ1v) is 8.11. The van der Waals surface area contributed by atoms with E-state index in [9.17, 15) is 4.79 Å². The second-order valence-corrected chi connectivity index (χ2v) is 6.73. The summed E-state index contributed by atoms with van der Waals surface area (Å²) in [6.45, 7) is 9.94. The summed E-state index contributed by atoms with van der Waals surface area (Å²) in [6, 6.07) is 5.55. The molecule has 1 aromatic carbocycles. The zero-order valence-electron chi connectivity index (χ0n) is 13.6. The minimum Gasteiger partial charge on any atom is -0.444 e. The van der Waals surface area contributed by atoms with Crippen molar-refractivity contribution in [1.29, 1.82) is 0 Å². The van der Waals surface area contributed by atoms with Gasteiger partial charge in [-0.15, -0.1) is 0 Å². The topological polar surface area (TPSA) is 41.6 Å². The van der Waals surface area contributed by atoms with Gasteiger partial charge in [-0.2, -0.15) is 0 Å². The molecule has 22 heavy (non-hydrogen) atoms. The summed E-state index contributed by atoms with van der Waals surface area (Å²) < 4.78 is 5.36. The van der Waals surface area contributed by atoms with Crippen LogP contribution in [0, 0.1) is 0 Å². The van der Waals surface area contributed by atoms with Crippen LogP contribution in [0.3, 0.4) is 0 Å². The highest BCUT2D eigenvalue weighted by Gasteiger charge is 2.20. The number of likely N-dealkylation sites (N-methyl/N-ethyl adjacent to an activating group) is 1. The number of hydrogen-bond donors (Lipinski definition) is 1. The molecule has 0 aromatic heterocycles. The van der Waals surface area contributed by atoms with Crippen molar-refractivity contribution >= 4 is 29.3 Å². The van der Waals surface area contributed by atoms with Crippen molar-refractivity contribution in [3.8, 4) is 0 Å². The van der Waals surface area contributed by atoms with E-state index in [-0.39, 0.29) is 6.09 Å². The number of nitrogens with zero attached hydrogens (tertiary/aromatic N) is 1. The van der Waals surface area contributed by atoms with Crippen LogP contribution in [0.15, 0.2) is 18.2 Å². The van der Waals surface area contributed by atoms with Crippen LogP contribution < -0.4 is 5.32 Å². The molecule has 0 saturated carbocycles. The lowest BCUT2D eigenvalue weighted by molar-refractivity contribution is 0.0262. The molecule has 0 aliphatic rings. The number of amides is 1. The van der Waals surface area contributed by atoms with Crippen LogP contribution in [0.2, 0.25) is 10.0 Å². The molecule has 0 atom stereocenters. The molecule has 0 unspecified atom stereocenters. The molecule has 0 aliphatic heterocycles. The van der Waals surface area contributed by atoms with Gasteiger partial charge in [-0.1, -0.05) is 35.3 Å². The van der Waals surface area contributed by atoms with E-state index in [2.05, 4.69) is 5.32 Å². The molecule has 0 aliphatic carbocycles. The lowest BCUT2D eigenvalue weighted by Crippen LogP contribution is -2.40. The first-order valence-electron chi connectivity index (χ1n) is 7.36. The van der Waals surface area contributed by atoms with Crippen molar-refractivity contribution in [2.45, 2.75) is 39.8 Å². The molecule has 0 fully saturated rings. The van der Waals surface area contributed by atoms with Gasteiger partial charge in [0.05, 0.1) is 10.0 Å². The first kappa shape index (κ1) is 19.1. The van der Waals surface area contributed by atoms with Crippen LogP contribution in [-0.2, 0) is 11.3 Å². The number of carbonyl (C=O) groups is 1. The van der Waals surface area contributed by atoms with Crippen molar-refractivity contribution in [3.05, 3.63) is 33.8 Å². The average molecular weight is 347 g/mol. The highest BCUT2D eigenvalue weighted by molar-refractivity contribution is 6.42. The average Bonchev–Trinajstić information content (AvgIpc) is 2.41. The number of ether oxygens (including phenoxy) is 1. The van der Waals surface area contributed by atoms with E-state index < -0.39 is 5.60 Å². The third kappa shape index (κ3) is 6.42. The fraction of sp³-hybridized carbons (Fsp3) is 0.562. The maximum Gasteiger partial charge on any atom is 0.410 e. The van der Waals surface area contributed by atoms with Crippen molar-refractivity contribution in [3.63, 3.8) is 0 Å². The van der Waals surface area contributed by atoms with Gasteiger partial charge in [0.15, 0.2) is 0 Å². The SMILES string of the molecule is CCN(CCNCc1cccc(Cl)c1Cl)C(=O)OC(C)(C)C. The summed E-state index contributed by atoms with van der Waals surface area (Å²) in [4.78, 5) is 13.7. The minimum absolute atomic E-state index is 0.294. The highest BCUT2D eigenvalue weighted by Crippen LogP contribution is 2.25. The fourth-order valence-electron chi connectivity index (χ4n) is 1.83. The molecule has 6 heteroatoms. The third-order valence-corrected chi connectivity index (χ3v) is 3.80. The summed E-state index contributed by atoms with van der Waals surface area (Å²) >= 11 is 12.1. The monoisotopic (exact) mass is 346 g/mol. The Bertz CT molecular complexity index is 501. The van der Waals surface area contributed by atoms with Crippen molar-refractivity contribution < 1.29 is 9.53 Å². The second-order valence-electron chi connectivity index (χ2n) is 5.95. The largest absolute Gasteiger partial charge is 0.444 e. The number of hydrogen-bond acceptors (Lipinski definition) is 3. The molecule has 1 aromatic rings. The van der Waals surface area contributed by atoms with E-state index in [1.807, 2.05) is 39.8 Å². The molecular weight excluding hydrogens is 323 g/mol. The van der Waals surface area contributed by atoms with Gasteiger partial charge in [-0.25, -0.2) is 4.79 Å². The molecule has 0 saturated heterocycles. The van der Waals surface area contributed by atoms with E-state index in [1.54, 1.807) is 11.0 Å². The van der Waals surface area contributed by atoms with E-state index in [1.165, 1.54) is 0 Å². The van der Waals surface area contributed by atoms with Crippen LogP contribution >= 0.6 is 23.2 Å². The normalized spacial score (nSPS) is 11.4. The molecule has 0 heterocycles. The first-order chi connectivity index (χ1) is 10.2. The Morgan fingerprint density at radius 3 is 2.59 bits per heavy atom. The third-order valence-electron chi connectivity index (χ3n) is 2.94. The van der Waals surface area contributed by atoms with Crippen molar-refractivity contribution in [2.24, 2.45) is 0 Å². The van der Waals surface area contributed by atoms with E-state index >= 15 is 0 Å². The van der Waals surface area contributed by atoms with Crippen LogP contribution in [0.4, 0.5) is 4.79 Å². The molecular formula is C16H24Cl2N2O2. The van der Waals surface area contributed by atoms with E-state index in [4.69, 9.17) is 27.9 Å². The zero-order valence-corrected chi connectivity index (χ0v) is 15.1. The second kappa shape index (κ2) is 8.61. The standard InChI is InChI=1S/C16H24Cl2N2O2/c1-5-20(15(21)22-16(2,3)4)10-9-19-11-12-7-6-8-13(17)14(12)18/h6-8,19H,5,9-11H2,1-4H3. The van der Waals surface area contributed by atoms with Gasteiger partial charge < -0.3 is 15.0 Å². The van der Waals surface area contributed by atoms with Crippen molar-refractivity contribution in [1.82, 2.24) is 10.2 Å². The zero-order chi connectivity index (χ0) is 16.8. The quantitative estimate of drug-likeness (QED) is 0.779. The molecule has 0 bridgehead atoms. The molecule has 0 spiro atoms. The van der Waals surface area contributed by atoms with Gasteiger partial charge >= 0.3 is 6.09 Å². The van der Waals surface area contributed by atoms with Crippen molar-refractivity contribution in [2.75, 3.05) is 19.6 Å². The summed E-state index contributed by atoms with van der Waals surface area (Å²) in [5.74, 6) is 0. The lowest BCUT2D eigenvalue weighted by atomic mass is 10.2. The summed E-state index contributed by atoms with van der Waals surface area (Å²) in [5.41, 5.74) is 0.459. The molecule has 1 rings (SSSR count). The molecule has 4 nitrogen and oxygen atoms in total. The van der Waals surface area contributed by atoms with Gasteiger partial charge in [-0.3, -0.25) is 0 Å². The maximum atomic E-state index is 12.0. The summed E-state index contributed by atoms with van der Waals surface area (Å²) in [7, 11) is 0. The van der Waals surface area contributed by atoms with Gasteiger partial charge in [0.25, 0.3) is 0 Å². The number of halogens is 2. The molecule has 124 valence electrons. The maximum absolute atomic E-state index is 12.0. The highest BCUT2D eigenvalue weighted by atomic mass is 35.5. The Kier molecular flexibility index (Phi) is 7.46. The smallest absolute Gasteiger partial charge is 0.410 e. The predicted molar refractivity (Wildman–Crippen MR) is 91.6 cm³/mol. The summed E-state index contributed by atoms with van der Waals surface area (Å²) in [6.07, 6.45) is -0.294.